The first-order valence-electron chi connectivity index (χ1n) is 12.8. The molecule has 0 bridgehead atoms. The van der Waals surface area contributed by atoms with Crippen LogP contribution in [0.3, 0.4) is 0 Å². The summed E-state index contributed by atoms with van der Waals surface area (Å²) < 4.78 is 16.5. The summed E-state index contributed by atoms with van der Waals surface area (Å²) in [5.74, 6) is 1.06. The lowest BCUT2D eigenvalue weighted by Crippen LogP contribution is -2.41. The van der Waals surface area contributed by atoms with Gasteiger partial charge in [-0.2, -0.15) is 0 Å². The third-order valence-electron chi connectivity index (χ3n) is 7.00. The quantitative estimate of drug-likeness (QED) is 0.507. The van der Waals surface area contributed by atoms with Crippen LogP contribution in [0.25, 0.3) is 11.0 Å². The molecule has 8 heteroatoms. The fourth-order valence-corrected chi connectivity index (χ4v) is 5.01. The number of nitrogens with zero attached hydrogens (tertiary/aromatic N) is 3. The van der Waals surface area contributed by atoms with Gasteiger partial charge in [0, 0.05) is 56.9 Å². The largest absolute Gasteiger partial charge is 0.497 e. The second-order valence-electron chi connectivity index (χ2n) is 9.71. The zero-order valence-electron chi connectivity index (χ0n) is 22.5. The molecule has 0 fully saturated rings. The van der Waals surface area contributed by atoms with Crippen LogP contribution in [0.1, 0.15) is 41.9 Å². The second kappa shape index (κ2) is 11.8. The Hall–Kier alpha value is -3.36. The summed E-state index contributed by atoms with van der Waals surface area (Å²) in [5.41, 5.74) is 2.93. The standard InChI is InChI=1S/C29H37N3O5/c1-20(2)30-13-8-14-32(27(33)19-35-4)25-10-7-6-9-22(25)18-31(16-15-30)29(34)28-21(3)37-26-12-11-23(36-5)17-24(26)28/h6-7,9-12,17,20H,8,13-16,18-19H2,1-5H3. The molecule has 0 atom stereocenters. The summed E-state index contributed by atoms with van der Waals surface area (Å²) >= 11 is 0. The Morgan fingerprint density at radius 3 is 2.54 bits per heavy atom. The average Bonchev–Trinajstić information content (AvgIpc) is 3.20. The van der Waals surface area contributed by atoms with Crippen LogP contribution in [0, 0.1) is 6.92 Å². The van der Waals surface area contributed by atoms with Crippen molar-refractivity contribution in [3.05, 3.63) is 59.4 Å². The van der Waals surface area contributed by atoms with Crippen LogP contribution in [0.15, 0.2) is 46.9 Å². The monoisotopic (exact) mass is 507 g/mol. The minimum Gasteiger partial charge on any atom is -0.497 e. The minimum absolute atomic E-state index is 0.00686. The van der Waals surface area contributed by atoms with E-state index in [4.69, 9.17) is 13.9 Å². The fraction of sp³-hybridized carbons (Fsp3) is 0.448. The highest BCUT2D eigenvalue weighted by atomic mass is 16.5. The number of hydrogen-bond donors (Lipinski definition) is 0. The molecule has 1 aliphatic rings. The maximum Gasteiger partial charge on any atom is 0.258 e. The molecule has 4 rings (SSSR count). The van der Waals surface area contributed by atoms with Crippen molar-refractivity contribution in [1.29, 1.82) is 0 Å². The van der Waals surface area contributed by atoms with Crippen molar-refractivity contribution >= 4 is 28.5 Å². The Kier molecular flexibility index (Phi) is 8.51. The van der Waals surface area contributed by atoms with Crippen molar-refractivity contribution in [3.63, 3.8) is 0 Å². The normalized spacial score (nSPS) is 15.5. The molecule has 0 aliphatic carbocycles. The number of amides is 2. The molecule has 2 aromatic carbocycles. The van der Waals surface area contributed by atoms with Crippen molar-refractivity contribution in [3.8, 4) is 5.75 Å². The van der Waals surface area contributed by atoms with Crippen LogP contribution in [-0.2, 0) is 16.1 Å². The van der Waals surface area contributed by atoms with Crippen LogP contribution >= 0.6 is 0 Å². The van der Waals surface area contributed by atoms with E-state index in [1.54, 1.807) is 12.0 Å². The molecule has 0 saturated heterocycles. The van der Waals surface area contributed by atoms with Gasteiger partial charge in [-0.3, -0.25) is 14.5 Å². The van der Waals surface area contributed by atoms with E-state index in [1.807, 2.05) is 54.3 Å². The molecule has 198 valence electrons. The Morgan fingerprint density at radius 1 is 1.03 bits per heavy atom. The molecule has 3 aromatic rings. The van der Waals surface area contributed by atoms with E-state index in [1.165, 1.54) is 7.11 Å². The molecule has 2 amide bonds. The maximum atomic E-state index is 14.2. The summed E-state index contributed by atoms with van der Waals surface area (Å²) in [4.78, 5) is 33.2. The number of aryl methyl sites for hydroxylation is 1. The lowest BCUT2D eigenvalue weighted by atomic mass is 10.1. The van der Waals surface area contributed by atoms with Crippen molar-refractivity contribution in [1.82, 2.24) is 9.80 Å². The van der Waals surface area contributed by atoms with Gasteiger partial charge in [0.1, 0.15) is 23.7 Å². The number of fused-ring (bicyclic) bond motifs is 2. The predicted octanol–water partition coefficient (Wildman–Crippen LogP) is 4.49. The smallest absolute Gasteiger partial charge is 0.258 e. The number of benzene rings is 2. The number of methoxy groups -OCH3 is 2. The van der Waals surface area contributed by atoms with Gasteiger partial charge in [-0.1, -0.05) is 18.2 Å². The van der Waals surface area contributed by atoms with Gasteiger partial charge in [-0.15, -0.1) is 0 Å². The lowest BCUT2D eigenvalue weighted by molar-refractivity contribution is -0.122. The molecule has 0 unspecified atom stereocenters. The summed E-state index contributed by atoms with van der Waals surface area (Å²) in [7, 11) is 3.14. The number of rotatable bonds is 5. The zero-order chi connectivity index (χ0) is 26.5. The molecule has 2 heterocycles. The Bertz CT molecular complexity index is 1250. The van der Waals surface area contributed by atoms with Gasteiger partial charge in [0.05, 0.1) is 12.7 Å². The van der Waals surface area contributed by atoms with E-state index in [0.717, 1.165) is 36.1 Å². The van der Waals surface area contributed by atoms with Gasteiger partial charge >= 0.3 is 0 Å². The predicted molar refractivity (Wildman–Crippen MR) is 144 cm³/mol. The van der Waals surface area contributed by atoms with Gasteiger partial charge in [-0.05, 0) is 57.0 Å². The van der Waals surface area contributed by atoms with E-state index in [2.05, 4.69) is 18.7 Å². The highest BCUT2D eigenvalue weighted by molar-refractivity contribution is 6.07. The molecular formula is C29H37N3O5. The highest BCUT2D eigenvalue weighted by Gasteiger charge is 2.28. The summed E-state index contributed by atoms with van der Waals surface area (Å²) in [6, 6.07) is 13.6. The second-order valence-corrected chi connectivity index (χ2v) is 9.71. The third-order valence-corrected chi connectivity index (χ3v) is 7.00. The van der Waals surface area contributed by atoms with Crippen molar-refractivity contribution in [2.45, 2.75) is 39.8 Å². The van der Waals surface area contributed by atoms with Crippen molar-refractivity contribution in [2.75, 3.05) is 51.9 Å². The van der Waals surface area contributed by atoms with Crippen molar-refractivity contribution < 1.29 is 23.5 Å². The van der Waals surface area contributed by atoms with Gasteiger partial charge in [0.25, 0.3) is 11.8 Å². The van der Waals surface area contributed by atoms with E-state index >= 15 is 0 Å². The Labute approximate surface area is 218 Å². The number of anilines is 1. The summed E-state index contributed by atoms with van der Waals surface area (Å²) in [5, 5.41) is 0.738. The van der Waals surface area contributed by atoms with Crippen LogP contribution in [0.2, 0.25) is 0 Å². The van der Waals surface area contributed by atoms with Gasteiger partial charge in [0.15, 0.2) is 0 Å². The van der Waals surface area contributed by atoms with E-state index in [-0.39, 0.29) is 18.4 Å². The molecule has 0 saturated carbocycles. The molecule has 1 aromatic heterocycles. The molecule has 1 aliphatic heterocycles. The number of para-hydroxylation sites is 1. The van der Waals surface area contributed by atoms with E-state index in [9.17, 15) is 9.59 Å². The number of carbonyl (C=O) groups excluding carboxylic acids is 2. The molecule has 0 N–H and O–H groups in total. The average molecular weight is 508 g/mol. The summed E-state index contributed by atoms with van der Waals surface area (Å²) in [6.45, 7) is 9.21. The molecular weight excluding hydrogens is 470 g/mol. The molecule has 0 radical (unpaired) electrons. The number of hydrogen-bond acceptors (Lipinski definition) is 6. The zero-order valence-corrected chi connectivity index (χ0v) is 22.5. The topological polar surface area (TPSA) is 75.5 Å². The lowest BCUT2D eigenvalue weighted by Gasteiger charge is -2.30. The Morgan fingerprint density at radius 2 is 1.81 bits per heavy atom. The SMILES string of the molecule is COCC(=O)N1CCCN(C(C)C)CCN(C(=O)c2c(C)oc3ccc(OC)cc23)Cc2ccccc21. The number of carbonyl (C=O) groups is 2. The minimum atomic E-state index is -0.1000. The highest BCUT2D eigenvalue weighted by Crippen LogP contribution is 2.31. The maximum absolute atomic E-state index is 14.2. The van der Waals surface area contributed by atoms with Crippen LogP contribution in [0.5, 0.6) is 5.75 Å². The third kappa shape index (κ3) is 5.81. The van der Waals surface area contributed by atoms with Crippen molar-refractivity contribution in [2.24, 2.45) is 0 Å². The van der Waals surface area contributed by atoms with E-state index in [0.29, 0.717) is 48.3 Å². The summed E-state index contributed by atoms with van der Waals surface area (Å²) in [6.07, 6.45) is 0.821. The van der Waals surface area contributed by atoms with Gasteiger partial charge in [0.2, 0.25) is 0 Å². The first-order valence-corrected chi connectivity index (χ1v) is 12.8. The van der Waals surface area contributed by atoms with Crippen LogP contribution in [-0.4, -0.2) is 74.7 Å². The van der Waals surface area contributed by atoms with Crippen LogP contribution < -0.4 is 9.64 Å². The molecule has 0 spiro atoms. The number of ether oxygens (including phenoxy) is 2. The fourth-order valence-electron chi connectivity index (χ4n) is 5.01. The van der Waals surface area contributed by atoms with Crippen LogP contribution in [0.4, 0.5) is 5.69 Å². The molecule has 37 heavy (non-hydrogen) atoms. The van der Waals surface area contributed by atoms with Gasteiger partial charge in [-0.25, -0.2) is 0 Å². The van der Waals surface area contributed by atoms with Gasteiger partial charge < -0.3 is 23.7 Å². The first-order chi connectivity index (χ1) is 17.8. The molecule has 8 nitrogen and oxygen atoms in total. The first kappa shape index (κ1) is 26.7. The Balaban J connectivity index is 1.77. The van der Waals surface area contributed by atoms with E-state index < -0.39 is 0 Å². The number of furan rings is 1.